The molecule has 0 radical (unpaired) electrons. The molecule has 2 aromatic carbocycles. The molecule has 1 aromatic heterocycles. The molecule has 0 N–H and O–H groups in total. The maximum absolute atomic E-state index is 13.6. The van der Waals surface area contributed by atoms with Crippen LogP contribution in [0.25, 0.3) is 0 Å². The first-order valence-corrected chi connectivity index (χ1v) is 11.3. The van der Waals surface area contributed by atoms with Crippen molar-refractivity contribution >= 4 is 60.1 Å². The van der Waals surface area contributed by atoms with E-state index >= 15 is 0 Å². The second kappa shape index (κ2) is 5.40. The smallest absolute Gasteiger partial charge is 0.241 e. The molecule has 1 saturated heterocycles. The lowest BCUT2D eigenvalue weighted by Gasteiger charge is -2.55. The molecule has 2 heterocycles. The molecule has 4 nitrogen and oxygen atoms in total. The highest BCUT2D eigenvalue weighted by molar-refractivity contribution is 9.10. The zero-order valence-corrected chi connectivity index (χ0v) is 18.3. The summed E-state index contributed by atoms with van der Waals surface area (Å²) in [6.45, 7) is 0. The van der Waals surface area contributed by atoms with Crippen LogP contribution in [-0.4, -0.2) is 16.8 Å². The summed E-state index contributed by atoms with van der Waals surface area (Å²) in [6, 6.07) is 16.1. The Labute approximate surface area is 181 Å². The lowest BCUT2D eigenvalue weighted by atomic mass is 9.54. The summed E-state index contributed by atoms with van der Waals surface area (Å²) in [7, 11) is 0. The molecule has 2 bridgehead atoms. The Hall–Kier alpha value is -1.83. The fourth-order valence-electron chi connectivity index (χ4n) is 5.18. The number of alkyl halides is 2. The minimum absolute atomic E-state index is 0.199. The van der Waals surface area contributed by atoms with E-state index in [-0.39, 0.29) is 11.8 Å². The highest BCUT2D eigenvalue weighted by Gasteiger charge is 2.72. The van der Waals surface area contributed by atoms with Gasteiger partial charge in [0, 0.05) is 11.6 Å². The van der Waals surface area contributed by atoms with E-state index < -0.39 is 20.5 Å². The molecule has 0 unspecified atom stereocenters. The normalized spacial score (nSPS) is 32.3. The van der Waals surface area contributed by atoms with Crippen molar-refractivity contribution in [2.75, 3.05) is 4.90 Å². The Morgan fingerprint density at radius 1 is 0.821 bits per heavy atom. The van der Waals surface area contributed by atoms with Gasteiger partial charge in [-0.15, -0.1) is 11.3 Å². The highest BCUT2D eigenvalue weighted by atomic mass is 79.9. The lowest BCUT2D eigenvalue weighted by molar-refractivity contribution is -0.122. The van der Waals surface area contributed by atoms with E-state index in [0.29, 0.717) is 5.13 Å². The summed E-state index contributed by atoms with van der Waals surface area (Å²) >= 11 is 9.27. The fourth-order valence-corrected chi connectivity index (χ4v) is 8.14. The van der Waals surface area contributed by atoms with E-state index in [9.17, 15) is 9.59 Å². The van der Waals surface area contributed by atoms with Crippen LogP contribution >= 0.6 is 43.2 Å². The van der Waals surface area contributed by atoms with Crippen molar-refractivity contribution in [2.45, 2.75) is 8.65 Å². The molecule has 7 rings (SSSR count). The van der Waals surface area contributed by atoms with Crippen molar-refractivity contribution in [3.63, 3.8) is 0 Å². The first kappa shape index (κ1) is 17.1. The van der Waals surface area contributed by atoms with E-state index in [1.165, 1.54) is 16.2 Å². The van der Waals surface area contributed by atoms with Crippen molar-refractivity contribution in [1.82, 2.24) is 4.98 Å². The number of hydrogen-bond acceptors (Lipinski definition) is 4. The molecule has 7 heteroatoms. The van der Waals surface area contributed by atoms with Gasteiger partial charge in [-0.25, -0.2) is 9.88 Å². The summed E-state index contributed by atoms with van der Waals surface area (Å²) in [4.78, 5) is 32.8. The quantitative estimate of drug-likeness (QED) is 0.353. The predicted molar refractivity (Wildman–Crippen MR) is 114 cm³/mol. The second-order valence-electron chi connectivity index (χ2n) is 7.30. The SMILES string of the molecule is O=C1[C@@H]2[C@H](C(=O)N1c1nccs1)C1(Br)c3ccccc3C2(Br)c2ccccc21. The van der Waals surface area contributed by atoms with Crippen molar-refractivity contribution in [2.24, 2.45) is 11.8 Å². The average Bonchev–Trinajstić information content (AvgIpc) is 3.32. The van der Waals surface area contributed by atoms with Crippen LogP contribution in [0.15, 0.2) is 60.1 Å². The maximum atomic E-state index is 13.6. The average molecular weight is 516 g/mol. The van der Waals surface area contributed by atoms with Crippen LogP contribution < -0.4 is 4.90 Å². The van der Waals surface area contributed by atoms with Crippen molar-refractivity contribution < 1.29 is 9.59 Å². The van der Waals surface area contributed by atoms with Gasteiger partial charge in [0.25, 0.3) is 0 Å². The molecule has 4 aliphatic rings. The number of amides is 2. The number of carbonyl (C=O) groups is 2. The van der Waals surface area contributed by atoms with Crippen molar-refractivity contribution in [3.05, 3.63) is 82.4 Å². The van der Waals surface area contributed by atoms with Gasteiger partial charge in [0.2, 0.25) is 11.8 Å². The summed E-state index contributed by atoms with van der Waals surface area (Å²) in [5, 5.41) is 2.22. The van der Waals surface area contributed by atoms with Gasteiger partial charge in [-0.3, -0.25) is 9.59 Å². The summed E-state index contributed by atoms with van der Waals surface area (Å²) in [5.41, 5.74) is 4.14. The number of hydrogen-bond donors (Lipinski definition) is 0. The van der Waals surface area contributed by atoms with Gasteiger partial charge in [0.1, 0.15) is 0 Å². The number of anilines is 1. The Bertz CT molecular complexity index is 1060. The molecular weight excluding hydrogens is 504 g/mol. The third-order valence-electron chi connectivity index (χ3n) is 6.20. The molecule has 0 saturated carbocycles. The Balaban J connectivity index is 1.71. The Morgan fingerprint density at radius 3 is 1.61 bits per heavy atom. The van der Waals surface area contributed by atoms with Crippen LogP contribution in [0, 0.1) is 11.8 Å². The predicted octanol–water partition coefficient (Wildman–Crippen LogP) is 4.55. The number of thiazole rings is 1. The fraction of sp³-hybridized carbons (Fsp3) is 0.190. The monoisotopic (exact) mass is 514 g/mol. The van der Waals surface area contributed by atoms with Gasteiger partial charge in [-0.05, 0) is 22.3 Å². The lowest BCUT2D eigenvalue weighted by Crippen LogP contribution is -2.56. The molecule has 138 valence electrons. The van der Waals surface area contributed by atoms with Gasteiger partial charge in [0.15, 0.2) is 5.13 Å². The van der Waals surface area contributed by atoms with E-state index in [2.05, 4.69) is 61.1 Å². The molecule has 28 heavy (non-hydrogen) atoms. The number of imide groups is 1. The molecular formula is C21H12Br2N2O2S. The molecule has 0 spiro atoms. The number of halogens is 2. The van der Waals surface area contributed by atoms with Crippen LogP contribution in [0.3, 0.4) is 0 Å². The zero-order chi connectivity index (χ0) is 19.3. The molecule has 3 aliphatic carbocycles. The standard InChI is InChI=1S/C21H12Br2N2O2S/c22-20-11-5-1-2-6-12(11)21(23,14-8-4-3-7-13(14)20)16-15(20)17(26)25(18(16)27)19-24-9-10-28-19/h1-10,15-16H/t15-,16+,20?,21?. The number of rotatable bonds is 1. The van der Waals surface area contributed by atoms with Gasteiger partial charge in [-0.1, -0.05) is 80.4 Å². The van der Waals surface area contributed by atoms with Gasteiger partial charge in [0.05, 0.1) is 20.5 Å². The molecule has 1 aliphatic heterocycles. The summed E-state index contributed by atoms with van der Waals surface area (Å²) < 4.78 is -1.50. The maximum Gasteiger partial charge on any atom is 0.241 e. The second-order valence-corrected chi connectivity index (χ2v) is 10.7. The number of nitrogens with zero attached hydrogens (tertiary/aromatic N) is 2. The number of benzene rings is 2. The van der Waals surface area contributed by atoms with Gasteiger partial charge < -0.3 is 0 Å². The van der Waals surface area contributed by atoms with Crippen molar-refractivity contribution in [1.29, 1.82) is 0 Å². The van der Waals surface area contributed by atoms with E-state index in [1.807, 2.05) is 24.3 Å². The van der Waals surface area contributed by atoms with E-state index in [4.69, 9.17) is 0 Å². The van der Waals surface area contributed by atoms with Crippen LogP contribution in [-0.2, 0) is 18.2 Å². The van der Waals surface area contributed by atoms with Crippen LogP contribution in [0.2, 0.25) is 0 Å². The third kappa shape index (κ3) is 1.71. The minimum atomic E-state index is -0.751. The molecule has 2 amide bonds. The van der Waals surface area contributed by atoms with Crippen molar-refractivity contribution in [3.8, 4) is 0 Å². The van der Waals surface area contributed by atoms with Gasteiger partial charge in [-0.2, -0.15) is 0 Å². The Kier molecular flexibility index (Phi) is 3.29. The minimum Gasteiger partial charge on any atom is -0.274 e. The first-order valence-electron chi connectivity index (χ1n) is 8.85. The first-order chi connectivity index (χ1) is 13.5. The zero-order valence-electron chi connectivity index (χ0n) is 14.3. The molecule has 3 aromatic rings. The van der Waals surface area contributed by atoms with E-state index in [0.717, 1.165) is 22.3 Å². The summed E-state index contributed by atoms with van der Waals surface area (Å²) in [6.07, 6.45) is 1.62. The van der Waals surface area contributed by atoms with Crippen LogP contribution in [0.4, 0.5) is 5.13 Å². The largest absolute Gasteiger partial charge is 0.274 e. The number of carbonyl (C=O) groups excluding carboxylic acids is 2. The third-order valence-corrected chi connectivity index (χ3v) is 9.65. The summed E-state index contributed by atoms with van der Waals surface area (Å²) in [5.74, 6) is -1.49. The molecule has 1 fully saturated rings. The topological polar surface area (TPSA) is 50.3 Å². The van der Waals surface area contributed by atoms with E-state index in [1.54, 1.807) is 11.6 Å². The molecule has 2 atom stereocenters. The highest BCUT2D eigenvalue weighted by Crippen LogP contribution is 2.70. The van der Waals surface area contributed by atoms with Crippen LogP contribution in [0.5, 0.6) is 0 Å². The van der Waals surface area contributed by atoms with Crippen LogP contribution in [0.1, 0.15) is 22.3 Å². The number of aromatic nitrogens is 1. The Morgan fingerprint density at radius 2 is 1.25 bits per heavy atom. The van der Waals surface area contributed by atoms with Gasteiger partial charge >= 0.3 is 0 Å².